The highest BCUT2D eigenvalue weighted by Gasteiger charge is 2.13. The van der Waals surface area contributed by atoms with Crippen LogP contribution in [0.3, 0.4) is 0 Å². The molecule has 1 aromatic carbocycles. The molecule has 0 aliphatic rings. The van der Waals surface area contributed by atoms with Crippen molar-refractivity contribution in [2.45, 2.75) is 33.2 Å². The Bertz CT molecular complexity index is 818. The van der Waals surface area contributed by atoms with Crippen molar-refractivity contribution in [3.05, 3.63) is 52.0 Å². The van der Waals surface area contributed by atoms with Gasteiger partial charge in [0, 0.05) is 23.0 Å². The molecule has 0 saturated heterocycles. The van der Waals surface area contributed by atoms with Gasteiger partial charge in [0.05, 0.1) is 11.0 Å². The van der Waals surface area contributed by atoms with E-state index >= 15 is 0 Å². The number of hydrogen-bond acceptors (Lipinski definition) is 3. The number of fused-ring (bicyclic) bond motifs is 1. The van der Waals surface area contributed by atoms with Crippen molar-refractivity contribution in [2.75, 3.05) is 6.54 Å². The van der Waals surface area contributed by atoms with Crippen molar-refractivity contribution in [3.8, 4) is 0 Å². The topological polar surface area (TPSA) is 46.9 Å². The molecule has 3 aromatic rings. The number of rotatable bonds is 5. The molecule has 0 saturated carbocycles. The quantitative estimate of drug-likeness (QED) is 0.771. The minimum absolute atomic E-state index is 0.0415. The molecule has 5 heteroatoms. The number of carbonyl (C=O) groups excluding carboxylic acids is 1. The van der Waals surface area contributed by atoms with Gasteiger partial charge in [0.1, 0.15) is 5.82 Å². The Labute approximate surface area is 140 Å². The van der Waals surface area contributed by atoms with Crippen molar-refractivity contribution in [1.29, 1.82) is 0 Å². The number of aromatic nitrogens is 2. The number of amides is 1. The summed E-state index contributed by atoms with van der Waals surface area (Å²) >= 11 is 1.72. The van der Waals surface area contributed by atoms with Crippen LogP contribution in [0, 0.1) is 6.92 Å². The van der Waals surface area contributed by atoms with Gasteiger partial charge in [0.25, 0.3) is 5.91 Å². The van der Waals surface area contributed by atoms with E-state index in [2.05, 4.69) is 40.2 Å². The number of imidazole rings is 1. The fourth-order valence-electron chi connectivity index (χ4n) is 2.87. The van der Waals surface area contributed by atoms with Gasteiger partial charge in [0.2, 0.25) is 0 Å². The summed E-state index contributed by atoms with van der Waals surface area (Å²) in [4.78, 5) is 18.2. The standard InChI is InChI=1S/C18H21N3OS/c1-12(2)21-13(3)20-16-11-14(6-7-17(16)21)18(22)19-9-8-15-5-4-10-23-15/h4-7,10-12H,8-9H2,1-3H3,(H,19,22). The van der Waals surface area contributed by atoms with Crippen molar-refractivity contribution in [3.63, 3.8) is 0 Å². The van der Waals surface area contributed by atoms with E-state index in [1.54, 1.807) is 11.3 Å². The van der Waals surface area contributed by atoms with Crippen LogP contribution in [0.15, 0.2) is 35.7 Å². The lowest BCUT2D eigenvalue weighted by molar-refractivity contribution is 0.0954. The molecule has 1 amide bonds. The Kier molecular flexibility index (Phi) is 4.48. The van der Waals surface area contributed by atoms with Crippen LogP contribution >= 0.6 is 11.3 Å². The van der Waals surface area contributed by atoms with Crippen molar-refractivity contribution < 1.29 is 4.79 Å². The summed E-state index contributed by atoms with van der Waals surface area (Å²) in [5, 5.41) is 5.03. The van der Waals surface area contributed by atoms with Crippen molar-refractivity contribution >= 4 is 28.3 Å². The van der Waals surface area contributed by atoms with E-state index in [0.29, 0.717) is 18.2 Å². The van der Waals surface area contributed by atoms with Gasteiger partial charge in [-0.25, -0.2) is 4.98 Å². The van der Waals surface area contributed by atoms with Gasteiger partial charge in [0.15, 0.2) is 0 Å². The number of nitrogens with one attached hydrogen (secondary N) is 1. The summed E-state index contributed by atoms with van der Waals surface area (Å²) in [7, 11) is 0. The summed E-state index contributed by atoms with van der Waals surface area (Å²) in [6.07, 6.45) is 0.868. The van der Waals surface area contributed by atoms with Gasteiger partial charge < -0.3 is 9.88 Å². The van der Waals surface area contributed by atoms with Crippen LogP contribution in [-0.4, -0.2) is 22.0 Å². The van der Waals surface area contributed by atoms with Crippen LogP contribution < -0.4 is 5.32 Å². The van der Waals surface area contributed by atoms with Gasteiger partial charge in [-0.2, -0.15) is 0 Å². The molecule has 0 unspecified atom stereocenters. The molecule has 120 valence electrons. The lowest BCUT2D eigenvalue weighted by Gasteiger charge is -2.10. The number of hydrogen-bond donors (Lipinski definition) is 1. The first-order chi connectivity index (χ1) is 11.1. The average Bonchev–Trinajstić information content (AvgIpc) is 3.12. The van der Waals surface area contributed by atoms with Crippen LogP contribution in [0.5, 0.6) is 0 Å². The molecule has 2 aromatic heterocycles. The zero-order valence-electron chi connectivity index (χ0n) is 13.7. The van der Waals surface area contributed by atoms with Crippen molar-refractivity contribution in [1.82, 2.24) is 14.9 Å². The SMILES string of the molecule is Cc1nc2cc(C(=O)NCCc3cccs3)ccc2n1C(C)C. The van der Waals surface area contributed by atoms with E-state index in [-0.39, 0.29) is 5.91 Å². The fraction of sp³-hybridized carbons (Fsp3) is 0.333. The van der Waals surface area contributed by atoms with Gasteiger partial charge >= 0.3 is 0 Å². The van der Waals surface area contributed by atoms with E-state index in [1.807, 2.05) is 31.2 Å². The Balaban J connectivity index is 1.73. The minimum atomic E-state index is -0.0415. The molecule has 1 N–H and O–H groups in total. The predicted molar refractivity (Wildman–Crippen MR) is 95.2 cm³/mol. The van der Waals surface area contributed by atoms with Gasteiger partial charge in [-0.15, -0.1) is 11.3 Å². The number of thiophene rings is 1. The minimum Gasteiger partial charge on any atom is -0.352 e. The molecular formula is C18H21N3OS. The van der Waals surface area contributed by atoms with E-state index in [1.165, 1.54) is 4.88 Å². The second-order valence-electron chi connectivity index (χ2n) is 5.91. The van der Waals surface area contributed by atoms with E-state index < -0.39 is 0 Å². The number of nitrogens with zero attached hydrogens (tertiary/aromatic N) is 2. The van der Waals surface area contributed by atoms with Crippen LogP contribution in [0.2, 0.25) is 0 Å². The third kappa shape index (κ3) is 3.29. The first-order valence-corrected chi connectivity index (χ1v) is 8.73. The third-order valence-electron chi connectivity index (χ3n) is 3.88. The molecule has 0 atom stereocenters. The second-order valence-corrected chi connectivity index (χ2v) is 6.94. The zero-order chi connectivity index (χ0) is 16.4. The molecule has 4 nitrogen and oxygen atoms in total. The van der Waals surface area contributed by atoms with Crippen LogP contribution in [0.1, 0.15) is 40.9 Å². The van der Waals surface area contributed by atoms with Gasteiger partial charge in [-0.3, -0.25) is 4.79 Å². The molecule has 0 bridgehead atoms. The molecular weight excluding hydrogens is 306 g/mol. The Morgan fingerprint density at radius 1 is 1.35 bits per heavy atom. The molecule has 23 heavy (non-hydrogen) atoms. The molecule has 3 rings (SSSR count). The Hall–Kier alpha value is -2.14. The summed E-state index contributed by atoms with van der Waals surface area (Å²) in [6.45, 7) is 6.93. The Morgan fingerprint density at radius 2 is 2.17 bits per heavy atom. The first-order valence-electron chi connectivity index (χ1n) is 7.85. The maximum absolute atomic E-state index is 12.3. The maximum Gasteiger partial charge on any atom is 0.251 e. The summed E-state index contributed by atoms with van der Waals surface area (Å²) < 4.78 is 2.19. The monoisotopic (exact) mass is 327 g/mol. The first kappa shape index (κ1) is 15.7. The summed E-state index contributed by atoms with van der Waals surface area (Å²) in [5.74, 6) is 0.936. The maximum atomic E-state index is 12.3. The third-order valence-corrected chi connectivity index (χ3v) is 4.82. The highest BCUT2D eigenvalue weighted by Crippen LogP contribution is 2.21. The molecule has 0 spiro atoms. The van der Waals surface area contributed by atoms with Gasteiger partial charge in [-0.1, -0.05) is 6.07 Å². The smallest absolute Gasteiger partial charge is 0.251 e. The normalized spacial score (nSPS) is 11.3. The highest BCUT2D eigenvalue weighted by atomic mass is 32.1. The highest BCUT2D eigenvalue weighted by molar-refractivity contribution is 7.09. The molecule has 2 heterocycles. The fourth-order valence-corrected chi connectivity index (χ4v) is 3.58. The number of aryl methyl sites for hydroxylation is 1. The van der Waals surface area contributed by atoms with Crippen molar-refractivity contribution in [2.24, 2.45) is 0 Å². The lowest BCUT2D eigenvalue weighted by Crippen LogP contribution is -2.25. The number of carbonyl (C=O) groups is 1. The van der Waals surface area contributed by atoms with Gasteiger partial charge in [-0.05, 0) is 56.8 Å². The average molecular weight is 327 g/mol. The summed E-state index contributed by atoms with van der Waals surface area (Å²) in [6, 6.07) is 10.2. The lowest BCUT2D eigenvalue weighted by atomic mass is 10.2. The zero-order valence-corrected chi connectivity index (χ0v) is 14.5. The number of benzene rings is 1. The second kappa shape index (κ2) is 6.54. The van der Waals surface area contributed by atoms with Crippen LogP contribution in [-0.2, 0) is 6.42 Å². The van der Waals surface area contributed by atoms with E-state index in [0.717, 1.165) is 23.3 Å². The molecule has 0 radical (unpaired) electrons. The van der Waals surface area contributed by atoms with Crippen LogP contribution in [0.4, 0.5) is 0 Å². The Morgan fingerprint density at radius 3 is 2.87 bits per heavy atom. The largest absolute Gasteiger partial charge is 0.352 e. The van der Waals surface area contributed by atoms with E-state index in [4.69, 9.17) is 0 Å². The molecule has 0 aliphatic carbocycles. The summed E-state index contributed by atoms with van der Waals surface area (Å²) in [5.41, 5.74) is 2.62. The van der Waals surface area contributed by atoms with E-state index in [9.17, 15) is 4.79 Å². The van der Waals surface area contributed by atoms with Crippen LogP contribution in [0.25, 0.3) is 11.0 Å². The molecule has 0 aliphatic heterocycles. The molecule has 0 fully saturated rings. The predicted octanol–water partition coefficient (Wildman–Crippen LogP) is 3.96.